The minimum absolute atomic E-state index is 0.128. The average molecular weight is 505 g/mol. The molecule has 3 heterocycles. The lowest BCUT2D eigenvalue weighted by Gasteiger charge is -2.35. The molecule has 1 saturated heterocycles. The molecule has 0 spiro atoms. The molecule has 6 rings (SSSR count). The summed E-state index contributed by atoms with van der Waals surface area (Å²) < 4.78 is 16.9. The first-order valence-electron chi connectivity index (χ1n) is 11.9. The van der Waals surface area contributed by atoms with Crippen LogP contribution in [0.5, 0.6) is 23.0 Å². The second kappa shape index (κ2) is 9.50. The Morgan fingerprint density at radius 1 is 0.917 bits per heavy atom. The monoisotopic (exact) mass is 504 g/mol. The summed E-state index contributed by atoms with van der Waals surface area (Å²) in [7, 11) is 0. The van der Waals surface area contributed by atoms with Gasteiger partial charge in [0.15, 0.2) is 17.3 Å². The number of piperazine rings is 1. The van der Waals surface area contributed by atoms with Crippen LogP contribution in [-0.2, 0) is 13.1 Å². The zero-order valence-corrected chi connectivity index (χ0v) is 20.3. The predicted molar refractivity (Wildman–Crippen MR) is 136 cm³/mol. The zero-order chi connectivity index (χ0) is 24.6. The van der Waals surface area contributed by atoms with Crippen LogP contribution >= 0.6 is 11.6 Å². The molecule has 184 valence electrons. The van der Waals surface area contributed by atoms with Gasteiger partial charge in [-0.05, 0) is 47.5 Å². The van der Waals surface area contributed by atoms with E-state index in [2.05, 4.69) is 15.9 Å². The van der Waals surface area contributed by atoms with Gasteiger partial charge in [-0.15, -0.1) is 0 Å². The molecule has 0 aromatic heterocycles. The van der Waals surface area contributed by atoms with E-state index < -0.39 is 0 Å². The van der Waals surface area contributed by atoms with E-state index in [1.165, 1.54) is 5.56 Å². The fraction of sp³-hybridized carbons (Fsp3) is 0.250. The highest BCUT2D eigenvalue weighted by Crippen LogP contribution is 2.40. The van der Waals surface area contributed by atoms with Crippen LogP contribution in [0.2, 0.25) is 5.02 Å². The Hall–Kier alpha value is -3.52. The van der Waals surface area contributed by atoms with E-state index in [0.29, 0.717) is 34.0 Å². The van der Waals surface area contributed by atoms with Gasteiger partial charge in [0.1, 0.15) is 11.5 Å². The molecule has 3 aliphatic rings. The van der Waals surface area contributed by atoms with Gasteiger partial charge in [-0.3, -0.25) is 14.6 Å². The third-order valence-electron chi connectivity index (χ3n) is 6.80. The smallest absolute Gasteiger partial charge is 0.231 e. The summed E-state index contributed by atoms with van der Waals surface area (Å²) in [6.07, 6.45) is 1.65. The molecule has 0 unspecified atom stereocenters. The highest BCUT2D eigenvalue weighted by atomic mass is 35.5. The fourth-order valence-electron chi connectivity index (χ4n) is 4.81. The van der Waals surface area contributed by atoms with E-state index >= 15 is 0 Å². The van der Waals surface area contributed by atoms with Crippen LogP contribution in [0.1, 0.15) is 27.0 Å². The SMILES string of the molecule is O=C1/C(=C/c2ccccc2Cl)Oc2c1ccc(O)c2CN1CCN(Cc2ccc3c(c2)OCO3)CC1. The van der Waals surface area contributed by atoms with Gasteiger partial charge in [0.2, 0.25) is 12.6 Å². The molecule has 0 amide bonds. The number of halogens is 1. The summed E-state index contributed by atoms with van der Waals surface area (Å²) >= 11 is 6.26. The first kappa shape index (κ1) is 22.9. The molecule has 1 N–H and O–H groups in total. The maximum absolute atomic E-state index is 13.0. The maximum Gasteiger partial charge on any atom is 0.231 e. The Morgan fingerprint density at radius 3 is 2.47 bits per heavy atom. The molecule has 0 bridgehead atoms. The molecule has 0 atom stereocenters. The summed E-state index contributed by atoms with van der Waals surface area (Å²) in [6, 6.07) is 16.6. The number of carbonyl (C=O) groups excluding carboxylic acids is 1. The van der Waals surface area contributed by atoms with Crippen molar-refractivity contribution in [1.29, 1.82) is 0 Å². The van der Waals surface area contributed by atoms with Crippen LogP contribution in [-0.4, -0.2) is 53.7 Å². The van der Waals surface area contributed by atoms with Gasteiger partial charge in [0.25, 0.3) is 0 Å². The molecule has 36 heavy (non-hydrogen) atoms. The molecular weight excluding hydrogens is 480 g/mol. The van der Waals surface area contributed by atoms with Crippen LogP contribution in [0.4, 0.5) is 0 Å². The molecule has 0 radical (unpaired) electrons. The number of carbonyl (C=O) groups is 1. The normalized spacial score (nSPS) is 18.5. The summed E-state index contributed by atoms with van der Waals surface area (Å²) in [4.78, 5) is 17.7. The number of rotatable bonds is 5. The van der Waals surface area contributed by atoms with Crippen LogP contribution < -0.4 is 14.2 Å². The van der Waals surface area contributed by atoms with Gasteiger partial charge in [-0.2, -0.15) is 0 Å². The molecule has 3 aliphatic heterocycles. The number of nitrogens with zero attached hydrogens (tertiary/aromatic N) is 2. The number of fused-ring (bicyclic) bond motifs is 2. The van der Waals surface area contributed by atoms with Gasteiger partial charge in [-0.1, -0.05) is 35.9 Å². The topological polar surface area (TPSA) is 71.5 Å². The minimum atomic E-state index is -0.209. The Morgan fingerprint density at radius 2 is 1.67 bits per heavy atom. The number of ether oxygens (including phenoxy) is 3. The molecule has 0 saturated carbocycles. The van der Waals surface area contributed by atoms with Crippen molar-refractivity contribution < 1.29 is 24.1 Å². The molecular formula is C28H25ClN2O5. The first-order chi connectivity index (χ1) is 17.5. The van der Waals surface area contributed by atoms with Crippen LogP contribution in [0.25, 0.3) is 6.08 Å². The number of phenolic OH excluding ortho intramolecular Hbond substituents is 1. The van der Waals surface area contributed by atoms with Crippen molar-refractivity contribution in [3.8, 4) is 23.0 Å². The molecule has 8 heteroatoms. The zero-order valence-electron chi connectivity index (χ0n) is 19.6. The first-order valence-corrected chi connectivity index (χ1v) is 12.3. The standard InChI is InChI=1S/C28H25ClN2O5/c29-22-4-2-1-3-19(22)14-26-27(33)20-6-7-23(32)21(28(20)36-26)16-31-11-9-30(10-12-31)15-18-5-8-24-25(13-18)35-17-34-24/h1-8,13-14,32H,9-12,15-17H2/b26-14-. The van der Waals surface area contributed by atoms with Crippen molar-refractivity contribution in [2.24, 2.45) is 0 Å². The Labute approximate surface area is 214 Å². The number of Topliss-reactive ketones (excluding diaryl/α,β-unsaturated/α-hetero) is 1. The van der Waals surface area contributed by atoms with Gasteiger partial charge in [0.05, 0.1) is 11.1 Å². The third kappa shape index (κ3) is 4.41. The number of hydrogen-bond donors (Lipinski definition) is 1. The van der Waals surface area contributed by atoms with Gasteiger partial charge < -0.3 is 19.3 Å². The molecule has 3 aromatic carbocycles. The van der Waals surface area contributed by atoms with Crippen molar-refractivity contribution in [3.05, 3.63) is 87.6 Å². The number of phenols is 1. The van der Waals surface area contributed by atoms with Crippen molar-refractivity contribution >= 4 is 23.5 Å². The number of allylic oxidation sites excluding steroid dienone is 1. The third-order valence-corrected chi connectivity index (χ3v) is 7.14. The van der Waals surface area contributed by atoms with E-state index in [9.17, 15) is 9.90 Å². The average Bonchev–Trinajstić information content (AvgIpc) is 3.47. The number of aromatic hydroxyl groups is 1. The summed E-state index contributed by atoms with van der Waals surface area (Å²) in [5, 5.41) is 11.2. The molecule has 3 aromatic rings. The summed E-state index contributed by atoms with van der Waals surface area (Å²) in [6.45, 7) is 5.07. The number of ketones is 1. The summed E-state index contributed by atoms with van der Waals surface area (Å²) in [5.41, 5.74) is 2.99. The van der Waals surface area contributed by atoms with Gasteiger partial charge >= 0.3 is 0 Å². The van der Waals surface area contributed by atoms with Gasteiger partial charge in [-0.25, -0.2) is 0 Å². The van der Waals surface area contributed by atoms with E-state index in [4.69, 9.17) is 25.8 Å². The summed E-state index contributed by atoms with van der Waals surface area (Å²) in [5.74, 6) is 2.16. The lowest BCUT2D eigenvalue weighted by molar-refractivity contribution is 0.101. The van der Waals surface area contributed by atoms with Crippen LogP contribution in [0, 0.1) is 0 Å². The van der Waals surface area contributed by atoms with E-state index in [0.717, 1.165) is 44.2 Å². The predicted octanol–water partition coefficient (Wildman–Crippen LogP) is 4.71. The highest BCUT2D eigenvalue weighted by Gasteiger charge is 2.32. The van der Waals surface area contributed by atoms with E-state index in [1.54, 1.807) is 24.3 Å². The second-order valence-corrected chi connectivity index (χ2v) is 9.55. The lowest BCUT2D eigenvalue weighted by Crippen LogP contribution is -2.45. The fourth-order valence-corrected chi connectivity index (χ4v) is 5.00. The van der Waals surface area contributed by atoms with Crippen LogP contribution in [0.15, 0.2) is 60.4 Å². The lowest BCUT2D eigenvalue weighted by atomic mass is 10.0. The largest absolute Gasteiger partial charge is 0.507 e. The van der Waals surface area contributed by atoms with E-state index in [1.807, 2.05) is 30.3 Å². The molecule has 1 fully saturated rings. The van der Waals surface area contributed by atoms with E-state index in [-0.39, 0.29) is 24.1 Å². The van der Waals surface area contributed by atoms with Crippen molar-refractivity contribution in [2.75, 3.05) is 33.0 Å². The van der Waals surface area contributed by atoms with Crippen LogP contribution in [0.3, 0.4) is 0 Å². The Kier molecular flexibility index (Phi) is 6.05. The Bertz CT molecular complexity index is 1360. The van der Waals surface area contributed by atoms with Gasteiger partial charge in [0, 0.05) is 44.3 Å². The highest BCUT2D eigenvalue weighted by molar-refractivity contribution is 6.32. The van der Waals surface area contributed by atoms with Crippen molar-refractivity contribution in [1.82, 2.24) is 9.80 Å². The number of hydrogen-bond acceptors (Lipinski definition) is 7. The second-order valence-electron chi connectivity index (χ2n) is 9.14. The minimum Gasteiger partial charge on any atom is -0.507 e. The molecule has 0 aliphatic carbocycles. The number of benzene rings is 3. The maximum atomic E-state index is 13.0. The van der Waals surface area contributed by atoms with Crippen molar-refractivity contribution in [3.63, 3.8) is 0 Å². The van der Waals surface area contributed by atoms with Crippen molar-refractivity contribution in [2.45, 2.75) is 13.1 Å². The molecule has 7 nitrogen and oxygen atoms in total. The quantitative estimate of drug-likeness (QED) is 0.504. The Balaban J connectivity index is 1.13.